The molecule has 0 aliphatic rings. The molecule has 0 heterocycles. The summed E-state index contributed by atoms with van der Waals surface area (Å²) in [6.07, 6.45) is 1.36. The molecule has 0 saturated heterocycles. The van der Waals surface area contributed by atoms with Crippen LogP contribution in [-0.2, 0) is 20.7 Å². The summed E-state index contributed by atoms with van der Waals surface area (Å²) in [4.78, 5) is 22.3. The third kappa shape index (κ3) is 5.85. The number of esters is 1. The Morgan fingerprint density at radius 3 is 2.62 bits per heavy atom. The summed E-state index contributed by atoms with van der Waals surface area (Å²) in [6.45, 7) is 5.36. The lowest BCUT2D eigenvalue weighted by atomic mass is 10.1. The van der Waals surface area contributed by atoms with Crippen molar-refractivity contribution in [2.75, 3.05) is 6.61 Å². The number of rotatable bonds is 8. The van der Waals surface area contributed by atoms with Crippen LogP contribution in [0.5, 0.6) is 5.75 Å². The summed E-state index contributed by atoms with van der Waals surface area (Å²) < 4.78 is 10.7. The Bertz CT molecular complexity index is 493. The van der Waals surface area contributed by atoms with Crippen molar-refractivity contribution in [1.82, 2.24) is 0 Å². The first-order valence-electron chi connectivity index (χ1n) is 7.02. The van der Waals surface area contributed by atoms with E-state index >= 15 is 0 Å². The molecule has 0 atom stereocenters. The van der Waals surface area contributed by atoms with E-state index in [1.54, 1.807) is 26.8 Å². The number of ether oxygens (including phenoxy) is 2. The maximum Gasteiger partial charge on any atom is 0.349 e. The fourth-order valence-electron chi connectivity index (χ4n) is 1.85. The maximum absolute atomic E-state index is 11.8. The van der Waals surface area contributed by atoms with Gasteiger partial charge in [0, 0.05) is 6.42 Å². The number of aliphatic carboxylic acids is 1. The molecule has 0 radical (unpaired) electrons. The summed E-state index contributed by atoms with van der Waals surface area (Å²) in [5.74, 6) is -0.645. The number of carbonyl (C=O) groups excluding carboxylic acids is 1. The zero-order chi connectivity index (χ0) is 15.9. The molecule has 0 bridgehead atoms. The number of hydrogen-bond acceptors (Lipinski definition) is 4. The molecule has 1 rings (SSSR count). The fraction of sp³-hybridized carbons (Fsp3) is 0.500. The van der Waals surface area contributed by atoms with Crippen molar-refractivity contribution in [2.45, 2.75) is 45.6 Å². The molecule has 5 nitrogen and oxygen atoms in total. The summed E-state index contributed by atoms with van der Waals surface area (Å²) >= 11 is 0. The second-order valence-electron chi connectivity index (χ2n) is 5.23. The van der Waals surface area contributed by atoms with Gasteiger partial charge in [0.1, 0.15) is 5.75 Å². The minimum atomic E-state index is -1.06. The lowest BCUT2D eigenvalue weighted by molar-refractivity contribution is -0.158. The molecule has 116 valence electrons. The molecule has 0 saturated carbocycles. The zero-order valence-corrected chi connectivity index (χ0v) is 12.7. The van der Waals surface area contributed by atoms with Gasteiger partial charge in [0.05, 0.1) is 6.61 Å². The fourth-order valence-corrected chi connectivity index (χ4v) is 1.85. The molecule has 0 amide bonds. The predicted molar refractivity (Wildman–Crippen MR) is 78.4 cm³/mol. The number of carboxylic acid groups (broad SMARTS) is 1. The Hall–Kier alpha value is -2.04. The second kappa shape index (κ2) is 7.67. The predicted octanol–water partition coefficient (Wildman–Crippen LogP) is 2.81. The zero-order valence-electron chi connectivity index (χ0n) is 12.7. The minimum absolute atomic E-state index is 0.138. The lowest BCUT2D eigenvalue weighted by Gasteiger charge is -2.24. The number of hydrogen-bond donors (Lipinski definition) is 1. The van der Waals surface area contributed by atoms with E-state index in [4.69, 9.17) is 14.6 Å². The van der Waals surface area contributed by atoms with Gasteiger partial charge in [-0.2, -0.15) is 0 Å². The number of aryl methyl sites for hydroxylation is 1. The summed E-state index contributed by atoms with van der Waals surface area (Å²) in [5.41, 5.74) is -0.0798. The number of benzene rings is 1. The molecule has 1 N–H and O–H groups in total. The Morgan fingerprint density at radius 1 is 1.29 bits per heavy atom. The molecule has 1 aromatic carbocycles. The van der Waals surface area contributed by atoms with Crippen molar-refractivity contribution in [3.8, 4) is 5.75 Å². The van der Waals surface area contributed by atoms with Crippen LogP contribution in [0.1, 0.15) is 39.2 Å². The molecule has 21 heavy (non-hydrogen) atoms. The topological polar surface area (TPSA) is 72.8 Å². The first-order chi connectivity index (χ1) is 9.85. The van der Waals surface area contributed by atoms with Gasteiger partial charge in [-0.3, -0.25) is 4.79 Å². The Labute approximate surface area is 124 Å². The van der Waals surface area contributed by atoms with Crippen molar-refractivity contribution >= 4 is 11.9 Å². The van der Waals surface area contributed by atoms with Crippen LogP contribution in [0.4, 0.5) is 0 Å². The molecule has 0 aliphatic carbocycles. The molecule has 0 aromatic heterocycles. The summed E-state index contributed by atoms with van der Waals surface area (Å²) in [7, 11) is 0. The molecule has 1 aromatic rings. The van der Waals surface area contributed by atoms with Crippen molar-refractivity contribution in [3.05, 3.63) is 29.8 Å². The van der Waals surface area contributed by atoms with Gasteiger partial charge in [0.2, 0.25) is 0 Å². The van der Waals surface area contributed by atoms with Gasteiger partial charge in [0.25, 0.3) is 0 Å². The van der Waals surface area contributed by atoms with Gasteiger partial charge < -0.3 is 14.6 Å². The molecule has 5 heteroatoms. The molecule has 0 unspecified atom stereocenters. The van der Waals surface area contributed by atoms with Crippen LogP contribution >= 0.6 is 0 Å². The molecular formula is C16H22O5. The van der Waals surface area contributed by atoms with Crippen LogP contribution in [0.25, 0.3) is 0 Å². The normalized spacial score (nSPS) is 11.0. The second-order valence-corrected chi connectivity index (χ2v) is 5.23. The third-order valence-corrected chi connectivity index (χ3v) is 2.89. The van der Waals surface area contributed by atoms with E-state index < -0.39 is 17.5 Å². The van der Waals surface area contributed by atoms with Crippen molar-refractivity contribution in [1.29, 1.82) is 0 Å². The van der Waals surface area contributed by atoms with Crippen LogP contribution < -0.4 is 4.74 Å². The van der Waals surface area contributed by atoms with E-state index in [1.165, 1.54) is 0 Å². The Kier molecular flexibility index (Phi) is 6.21. The van der Waals surface area contributed by atoms with E-state index in [0.29, 0.717) is 25.2 Å². The standard InChI is InChI=1S/C16H22O5/c1-4-20-15(19)16(2,3)21-13-9-5-7-12(11-13)8-6-10-14(17)18/h5,7,9,11H,4,6,8,10H2,1-3H3,(H,17,18). The average Bonchev–Trinajstić information content (AvgIpc) is 2.38. The van der Waals surface area contributed by atoms with Gasteiger partial charge >= 0.3 is 11.9 Å². The summed E-state index contributed by atoms with van der Waals surface area (Å²) in [6, 6.07) is 7.32. The van der Waals surface area contributed by atoms with E-state index in [9.17, 15) is 9.59 Å². The molecule has 0 fully saturated rings. The van der Waals surface area contributed by atoms with Gasteiger partial charge in [-0.05, 0) is 51.3 Å². The highest BCUT2D eigenvalue weighted by Gasteiger charge is 2.31. The first-order valence-corrected chi connectivity index (χ1v) is 7.02. The van der Waals surface area contributed by atoms with Crippen molar-refractivity contribution in [3.63, 3.8) is 0 Å². The van der Waals surface area contributed by atoms with E-state index in [1.807, 2.05) is 18.2 Å². The van der Waals surface area contributed by atoms with Gasteiger partial charge in [0.15, 0.2) is 5.60 Å². The summed E-state index contributed by atoms with van der Waals surface area (Å²) in [5, 5.41) is 8.63. The van der Waals surface area contributed by atoms with Crippen molar-refractivity contribution in [2.24, 2.45) is 0 Å². The van der Waals surface area contributed by atoms with Gasteiger partial charge in [-0.15, -0.1) is 0 Å². The smallest absolute Gasteiger partial charge is 0.349 e. The van der Waals surface area contributed by atoms with Crippen LogP contribution in [0.2, 0.25) is 0 Å². The largest absolute Gasteiger partial charge is 0.481 e. The van der Waals surface area contributed by atoms with Crippen LogP contribution in [0, 0.1) is 0 Å². The molecule has 0 spiro atoms. The monoisotopic (exact) mass is 294 g/mol. The van der Waals surface area contributed by atoms with Crippen molar-refractivity contribution < 1.29 is 24.2 Å². The van der Waals surface area contributed by atoms with Crippen LogP contribution in [-0.4, -0.2) is 29.3 Å². The highest BCUT2D eigenvalue weighted by atomic mass is 16.6. The van der Waals surface area contributed by atoms with E-state index in [-0.39, 0.29) is 6.42 Å². The molecule has 0 aliphatic heterocycles. The Balaban J connectivity index is 2.67. The average molecular weight is 294 g/mol. The highest BCUT2D eigenvalue weighted by molar-refractivity contribution is 5.79. The van der Waals surface area contributed by atoms with E-state index in [2.05, 4.69) is 0 Å². The van der Waals surface area contributed by atoms with Gasteiger partial charge in [-0.25, -0.2) is 4.79 Å². The van der Waals surface area contributed by atoms with E-state index in [0.717, 1.165) is 5.56 Å². The van der Waals surface area contributed by atoms with Crippen LogP contribution in [0.3, 0.4) is 0 Å². The number of carbonyl (C=O) groups is 2. The highest BCUT2D eigenvalue weighted by Crippen LogP contribution is 2.21. The lowest BCUT2D eigenvalue weighted by Crippen LogP contribution is -2.39. The number of carboxylic acids is 1. The van der Waals surface area contributed by atoms with Crippen LogP contribution in [0.15, 0.2) is 24.3 Å². The quantitative estimate of drug-likeness (QED) is 0.746. The molecular weight excluding hydrogens is 272 g/mol. The first kappa shape index (κ1) is 17.0. The van der Waals surface area contributed by atoms with Gasteiger partial charge in [-0.1, -0.05) is 12.1 Å². The SMILES string of the molecule is CCOC(=O)C(C)(C)Oc1cccc(CCCC(=O)O)c1. The maximum atomic E-state index is 11.8. The minimum Gasteiger partial charge on any atom is -0.481 e. The third-order valence-electron chi connectivity index (χ3n) is 2.89. The Morgan fingerprint density at radius 2 is 2.00 bits per heavy atom.